The second-order valence-corrected chi connectivity index (χ2v) is 7.29. The van der Waals surface area contributed by atoms with Crippen LogP contribution in [0.4, 0.5) is 0 Å². The summed E-state index contributed by atoms with van der Waals surface area (Å²) in [6.45, 7) is 7.10. The molecule has 10 heavy (non-hydrogen) atoms. The van der Waals surface area contributed by atoms with Crippen molar-refractivity contribution in [3.63, 3.8) is 0 Å². The van der Waals surface area contributed by atoms with Gasteiger partial charge in [-0.05, 0) is 30.6 Å². The Morgan fingerprint density at radius 2 is 1.80 bits per heavy atom. The Labute approximate surface area is 69.5 Å². The molecule has 0 aromatic carbocycles. The maximum absolute atomic E-state index is 3.71. The van der Waals surface area contributed by atoms with E-state index in [2.05, 4.69) is 28.7 Å². The molecule has 5 radical (unpaired) electrons. The van der Waals surface area contributed by atoms with Crippen molar-refractivity contribution in [3.8, 4) is 0 Å². The Balaban J connectivity index is 2.24. The van der Waals surface area contributed by atoms with Gasteiger partial charge in [-0.2, -0.15) is 0 Å². The molecule has 0 N–H and O–H groups in total. The molecule has 0 saturated carbocycles. The zero-order valence-corrected chi connectivity index (χ0v) is 8.78. The van der Waals surface area contributed by atoms with Crippen LogP contribution in [-0.4, -0.2) is 37.6 Å². The monoisotopic (exact) mass is 168 g/mol. The smallest absolute Gasteiger partial charge is 0.144 e. The molecular formula is C7H14NSi2. The summed E-state index contributed by atoms with van der Waals surface area (Å²) in [7, 11) is 4.65. The van der Waals surface area contributed by atoms with E-state index in [0.717, 1.165) is 9.68 Å². The SMILES string of the molecule is CC(C)([Si])[Si]N1CCCC1. The van der Waals surface area contributed by atoms with Crippen LogP contribution in [0.25, 0.3) is 0 Å². The van der Waals surface area contributed by atoms with Crippen LogP contribution in [0.3, 0.4) is 0 Å². The fourth-order valence-electron chi connectivity index (χ4n) is 1.22. The molecule has 1 saturated heterocycles. The van der Waals surface area contributed by atoms with Crippen molar-refractivity contribution < 1.29 is 0 Å². The Hall–Kier alpha value is 0.394. The van der Waals surface area contributed by atoms with Crippen LogP contribution >= 0.6 is 0 Å². The number of hydrogen-bond donors (Lipinski definition) is 0. The molecule has 0 atom stereocenters. The summed E-state index contributed by atoms with van der Waals surface area (Å²) in [5.74, 6) is 0. The van der Waals surface area contributed by atoms with E-state index in [-0.39, 0.29) is 0 Å². The molecule has 0 bridgehead atoms. The molecule has 1 rings (SSSR count). The largest absolute Gasteiger partial charge is 0.325 e. The lowest BCUT2D eigenvalue weighted by molar-refractivity contribution is 0.536. The highest BCUT2D eigenvalue weighted by Crippen LogP contribution is 2.19. The Morgan fingerprint density at radius 1 is 1.30 bits per heavy atom. The molecule has 0 aliphatic carbocycles. The standard InChI is InChI=1S/C7H14NSi2/c1-7(2,9)10-8-5-3-4-6-8/h3-6H2,1-2H3. The van der Waals surface area contributed by atoms with Crippen molar-refractivity contribution in [2.24, 2.45) is 0 Å². The Bertz CT molecular complexity index is 103. The molecule has 1 fully saturated rings. The number of hydrogen-bond acceptors (Lipinski definition) is 1. The minimum atomic E-state index is 0.324. The third-order valence-electron chi connectivity index (χ3n) is 1.54. The van der Waals surface area contributed by atoms with Crippen LogP contribution < -0.4 is 0 Å². The van der Waals surface area contributed by atoms with Crippen LogP contribution in [0.5, 0.6) is 0 Å². The fourth-order valence-corrected chi connectivity index (χ4v) is 3.03. The van der Waals surface area contributed by atoms with Crippen LogP contribution in [0.1, 0.15) is 26.7 Å². The van der Waals surface area contributed by atoms with E-state index >= 15 is 0 Å². The average molecular weight is 168 g/mol. The minimum absolute atomic E-state index is 0.324. The summed E-state index contributed by atoms with van der Waals surface area (Å²) in [5, 5.41) is 0. The summed E-state index contributed by atoms with van der Waals surface area (Å²) >= 11 is 0. The van der Waals surface area contributed by atoms with Crippen LogP contribution in [0.15, 0.2) is 0 Å². The second-order valence-electron chi connectivity index (χ2n) is 3.43. The fraction of sp³-hybridized carbons (Fsp3) is 1.00. The quantitative estimate of drug-likeness (QED) is 0.557. The van der Waals surface area contributed by atoms with E-state index < -0.39 is 0 Å². The summed E-state index contributed by atoms with van der Waals surface area (Å²) in [6.07, 6.45) is 2.80. The van der Waals surface area contributed by atoms with Crippen molar-refractivity contribution in [2.45, 2.75) is 31.4 Å². The van der Waals surface area contributed by atoms with Crippen molar-refractivity contribution >= 4 is 19.9 Å². The molecule has 0 aromatic heterocycles. The lowest BCUT2D eigenvalue weighted by atomic mass is 10.4. The van der Waals surface area contributed by atoms with Gasteiger partial charge in [-0.15, -0.1) is 0 Å². The van der Waals surface area contributed by atoms with Gasteiger partial charge in [0, 0.05) is 10.2 Å². The molecule has 55 valence electrons. The third kappa shape index (κ3) is 2.99. The highest BCUT2D eigenvalue weighted by Gasteiger charge is 2.20. The normalized spacial score (nSPS) is 21.9. The lowest BCUT2D eigenvalue weighted by Crippen LogP contribution is -2.32. The predicted molar refractivity (Wildman–Crippen MR) is 46.4 cm³/mol. The van der Waals surface area contributed by atoms with Gasteiger partial charge in [-0.3, -0.25) is 0 Å². The van der Waals surface area contributed by atoms with Gasteiger partial charge >= 0.3 is 0 Å². The van der Waals surface area contributed by atoms with Gasteiger partial charge in [0.25, 0.3) is 0 Å². The number of rotatable bonds is 2. The summed E-state index contributed by atoms with van der Waals surface area (Å²) in [5.41, 5.74) is 0. The lowest BCUT2D eigenvalue weighted by Gasteiger charge is -2.23. The van der Waals surface area contributed by atoms with Crippen molar-refractivity contribution in [2.75, 3.05) is 13.1 Å². The highest BCUT2D eigenvalue weighted by molar-refractivity contribution is 6.51. The zero-order valence-electron chi connectivity index (χ0n) is 6.78. The first-order chi connectivity index (χ1) is 4.58. The van der Waals surface area contributed by atoms with Crippen LogP contribution in [0, 0.1) is 0 Å². The van der Waals surface area contributed by atoms with Gasteiger partial charge in [0.05, 0.1) is 0 Å². The van der Waals surface area contributed by atoms with Crippen molar-refractivity contribution in [3.05, 3.63) is 0 Å². The summed E-state index contributed by atoms with van der Waals surface area (Å²) < 4.78 is 2.87. The van der Waals surface area contributed by atoms with Gasteiger partial charge < -0.3 is 4.57 Å². The molecule has 0 aromatic rings. The maximum Gasteiger partial charge on any atom is 0.144 e. The molecule has 1 nitrogen and oxygen atoms in total. The zero-order chi connectivity index (χ0) is 7.61. The Kier molecular flexibility index (Phi) is 2.71. The summed E-state index contributed by atoms with van der Waals surface area (Å²) in [6, 6.07) is 0. The van der Waals surface area contributed by atoms with Gasteiger partial charge in [0.15, 0.2) is 0 Å². The van der Waals surface area contributed by atoms with Gasteiger partial charge in [0.2, 0.25) is 0 Å². The van der Waals surface area contributed by atoms with Crippen LogP contribution in [-0.2, 0) is 0 Å². The molecule has 1 aliphatic heterocycles. The molecule has 1 heterocycles. The molecular weight excluding hydrogens is 154 g/mol. The first-order valence-corrected chi connectivity index (χ1v) is 5.30. The first kappa shape index (κ1) is 8.49. The molecule has 3 heteroatoms. The van der Waals surface area contributed by atoms with Gasteiger partial charge in [-0.25, -0.2) is 0 Å². The highest BCUT2D eigenvalue weighted by atomic mass is 28.3. The minimum Gasteiger partial charge on any atom is -0.325 e. The maximum atomic E-state index is 3.71. The van der Waals surface area contributed by atoms with Gasteiger partial charge in [0.1, 0.15) is 9.68 Å². The topological polar surface area (TPSA) is 3.24 Å². The molecule has 0 spiro atoms. The first-order valence-electron chi connectivity index (χ1n) is 3.86. The van der Waals surface area contributed by atoms with Crippen molar-refractivity contribution in [1.29, 1.82) is 0 Å². The molecule has 0 amide bonds. The van der Waals surface area contributed by atoms with E-state index in [1.165, 1.54) is 25.9 Å². The van der Waals surface area contributed by atoms with E-state index in [4.69, 9.17) is 0 Å². The second kappa shape index (κ2) is 3.19. The molecule has 0 unspecified atom stereocenters. The average Bonchev–Trinajstić information content (AvgIpc) is 2.12. The van der Waals surface area contributed by atoms with Crippen LogP contribution in [0.2, 0.25) is 4.66 Å². The van der Waals surface area contributed by atoms with Gasteiger partial charge in [-0.1, -0.05) is 13.8 Å². The predicted octanol–water partition coefficient (Wildman–Crippen LogP) is 1.03. The third-order valence-corrected chi connectivity index (χ3v) is 3.20. The Morgan fingerprint density at radius 3 is 2.20 bits per heavy atom. The summed E-state index contributed by atoms with van der Waals surface area (Å²) in [4.78, 5) is 0. The van der Waals surface area contributed by atoms with E-state index in [0.29, 0.717) is 4.66 Å². The van der Waals surface area contributed by atoms with E-state index in [1.807, 2.05) is 0 Å². The van der Waals surface area contributed by atoms with Crippen molar-refractivity contribution in [1.82, 2.24) is 4.57 Å². The number of nitrogens with zero attached hydrogens (tertiary/aromatic N) is 1. The molecule has 1 aliphatic rings. The van der Waals surface area contributed by atoms with E-state index in [1.54, 1.807) is 0 Å². The van der Waals surface area contributed by atoms with E-state index in [9.17, 15) is 0 Å².